The van der Waals surface area contributed by atoms with Crippen LogP contribution in [0.4, 0.5) is 0 Å². The van der Waals surface area contributed by atoms with Gasteiger partial charge in [-0.3, -0.25) is 0 Å². The van der Waals surface area contributed by atoms with Crippen molar-refractivity contribution in [2.24, 2.45) is 0 Å². The molecular formula is C19H21N7. The SMILES string of the molecule is Cc1cn2nc(-c3cnc4[nH]c(C5CCNCC5)cc4n3)cc(C)c2n1. The van der Waals surface area contributed by atoms with Crippen LogP contribution < -0.4 is 5.32 Å². The lowest BCUT2D eigenvalue weighted by Gasteiger charge is -2.21. The lowest BCUT2D eigenvalue weighted by Crippen LogP contribution is -2.26. The summed E-state index contributed by atoms with van der Waals surface area (Å²) in [7, 11) is 0. The zero-order valence-electron chi connectivity index (χ0n) is 15.0. The molecule has 1 fully saturated rings. The number of rotatable bonds is 2. The summed E-state index contributed by atoms with van der Waals surface area (Å²) in [6.07, 6.45) is 6.03. The van der Waals surface area contributed by atoms with Crippen LogP contribution in [0.3, 0.4) is 0 Å². The number of hydrogen-bond acceptors (Lipinski definition) is 5. The molecule has 0 spiro atoms. The molecule has 7 nitrogen and oxygen atoms in total. The third kappa shape index (κ3) is 2.55. The van der Waals surface area contributed by atoms with Crippen LogP contribution in [0, 0.1) is 13.8 Å². The Morgan fingerprint density at radius 2 is 1.92 bits per heavy atom. The smallest absolute Gasteiger partial charge is 0.156 e. The summed E-state index contributed by atoms with van der Waals surface area (Å²) in [6.45, 7) is 6.16. The van der Waals surface area contributed by atoms with E-state index in [9.17, 15) is 0 Å². The van der Waals surface area contributed by atoms with Crippen molar-refractivity contribution in [3.63, 3.8) is 0 Å². The molecule has 5 heterocycles. The van der Waals surface area contributed by atoms with Gasteiger partial charge in [-0.25, -0.2) is 19.5 Å². The third-order valence-corrected chi connectivity index (χ3v) is 5.13. The van der Waals surface area contributed by atoms with E-state index in [-0.39, 0.29) is 0 Å². The van der Waals surface area contributed by atoms with Crippen LogP contribution >= 0.6 is 0 Å². The number of piperidine rings is 1. The van der Waals surface area contributed by atoms with E-state index < -0.39 is 0 Å². The van der Waals surface area contributed by atoms with Gasteiger partial charge >= 0.3 is 0 Å². The second kappa shape index (κ2) is 5.88. The molecular weight excluding hydrogens is 326 g/mol. The molecule has 26 heavy (non-hydrogen) atoms. The maximum absolute atomic E-state index is 4.81. The van der Waals surface area contributed by atoms with Crippen molar-refractivity contribution in [1.82, 2.24) is 34.9 Å². The molecule has 4 aromatic rings. The van der Waals surface area contributed by atoms with Crippen molar-refractivity contribution >= 4 is 16.8 Å². The van der Waals surface area contributed by atoms with Crippen LogP contribution in [0.2, 0.25) is 0 Å². The van der Waals surface area contributed by atoms with Crippen LogP contribution in [0.5, 0.6) is 0 Å². The highest BCUT2D eigenvalue weighted by Crippen LogP contribution is 2.27. The Morgan fingerprint density at radius 1 is 1.08 bits per heavy atom. The number of aromatic amines is 1. The Labute approximate surface area is 150 Å². The van der Waals surface area contributed by atoms with Gasteiger partial charge in [-0.1, -0.05) is 0 Å². The Balaban J connectivity index is 1.56. The molecule has 7 heteroatoms. The number of nitrogens with one attached hydrogen (secondary N) is 2. The molecule has 0 radical (unpaired) electrons. The molecule has 0 amide bonds. The molecule has 0 unspecified atom stereocenters. The molecule has 1 aliphatic heterocycles. The zero-order chi connectivity index (χ0) is 17.7. The molecule has 132 valence electrons. The lowest BCUT2D eigenvalue weighted by atomic mass is 9.95. The summed E-state index contributed by atoms with van der Waals surface area (Å²) < 4.78 is 1.82. The maximum Gasteiger partial charge on any atom is 0.156 e. The molecule has 0 bridgehead atoms. The first-order valence-corrected chi connectivity index (χ1v) is 9.08. The number of hydrogen-bond donors (Lipinski definition) is 2. The Kier molecular flexibility index (Phi) is 3.49. The summed E-state index contributed by atoms with van der Waals surface area (Å²) in [5, 5.41) is 8.07. The largest absolute Gasteiger partial charge is 0.342 e. The predicted octanol–water partition coefficient (Wildman–Crippen LogP) is 2.75. The molecule has 1 aliphatic rings. The second-order valence-electron chi connectivity index (χ2n) is 7.10. The van der Waals surface area contributed by atoms with Crippen molar-refractivity contribution < 1.29 is 0 Å². The van der Waals surface area contributed by atoms with Gasteiger partial charge in [0, 0.05) is 11.6 Å². The number of fused-ring (bicyclic) bond motifs is 2. The van der Waals surface area contributed by atoms with Gasteiger partial charge in [0.2, 0.25) is 0 Å². The number of aryl methyl sites for hydroxylation is 2. The van der Waals surface area contributed by atoms with E-state index in [4.69, 9.17) is 4.98 Å². The number of H-pyrrole nitrogens is 1. The number of imidazole rings is 1. The van der Waals surface area contributed by atoms with Gasteiger partial charge in [-0.2, -0.15) is 5.10 Å². The average molecular weight is 347 g/mol. The minimum absolute atomic E-state index is 0.557. The van der Waals surface area contributed by atoms with E-state index in [0.29, 0.717) is 5.92 Å². The minimum atomic E-state index is 0.557. The summed E-state index contributed by atoms with van der Waals surface area (Å²) >= 11 is 0. The van der Waals surface area contributed by atoms with Crippen molar-refractivity contribution in [3.8, 4) is 11.4 Å². The molecule has 5 rings (SSSR count). The Hall–Kier alpha value is -2.80. The highest BCUT2D eigenvalue weighted by atomic mass is 15.3. The minimum Gasteiger partial charge on any atom is -0.342 e. The number of nitrogens with zero attached hydrogens (tertiary/aromatic N) is 5. The number of aromatic nitrogens is 6. The normalized spacial score (nSPS) is 15.9. The standard InChI is InChI=1S/C19H21N7/c1-11-7-15(25-26-10-12(2)22-19(11)26)17-9-21-18-16(23-17)8-14(24-18)13-3-5-20-6-4-13/h7-10,13,20H,3-6H2,1-2H3,(H,21,24). The zero-order valence-corrected chi connectivity index (χ0v) is 15.0. The van der Waals surface area contributed by atoms with Gasteiger partial charge in [0.1, 0.15) is 16.9 Å². The molecule has 1 saturated heterocycles. The fraction of sp³-hybridized carbons (Fsp3) is 0.368. The van der Waals surface area contributed by atoms with Crippen molar-refractivity contribution in [2.75, 3.05) is 13.1 Å². The maximum atomic E-state index is 4.81. The molecule has 0 aliphatic carbocycles. The van der Waals surface area contributed by atoms with Gasteiger partial charge in [0.05, 0.1) is 18.1 Å². The Morgan fingerprint density at radius 3 is 2.77 bits per heavy atom. The topological polar surface area (TPSA) is 83.8 Å². The predicted molar refractivity (Wildman–Crippen MR) is 100 cm³/mol. The lowest BCUT2D eigenvalue weighted by molar-refractivity contribution is 0.455. The summed E-state index contributed by atoms with van der Waals surface area (Å²) in [5.74, 6) is 0.557. The molecule has 2 N–H and O–H groups in total. The molecule has 4 aromatic heterocycles. The van der Waals surface area contributed by atoms with Crippen LogP contribution in [0.1, 0.15) is 35.7 Å². The fourth-order valence-electron chi connectivity index (χ4n) is 3.77. The van der Waals surface area contributed by atoms with E-state index in [1.165, 1.54) is 5.69 Å². The van der Waals surface area contributed by atoms with Crippen molar-refractivity contribution in [3.05, 3.63) is 41.5 Å². The molecule has 0 aromatic carbocycles. The van der Waals surface area contributed by atoms with E-state index in [0.717, 1.165) is 65.4 Å². The first kappa shape index (κ1) is 15.5. The van der Waals surface area contributed by atoms with Gasteiger partial charge in [0.25, 0.3) is 0 Å². The average Bonchev–Trinajstić information content (AvgIpc) is 3.24. The summed E-state index contributed by atoms with van der Waals surface area (Å²) in [6, 6.07) is 4.17. The fourth-order valence-corrected chi connectivity index (χ4v) is 3.77. The Bertz CT molecular complexity index is 1100. The van der Waals surface area contributed by atoms with Crippen molar-refractivity contribution in [1.29, 1.82) is 0 Å². The van der Waals surface area contributed by atoms with E-state index in [2.05, 4.69) is 31.4 Å². The van der Waals surface area contributed by atoms with Gasteiger partial charge < -0.3 is 10.3 Å². The first-order chi connectivity index (χ1) is 12.7. The molecule has 0 atom stereocenters. The quantitative estimate of drug-likeness (QED) is 0.582. The van der Waals surface area contributed by atoms with E-state index in [1.807, 2.05) is 30.6 Å². The van der Waals surface area contributed by atoms with Gasteiger partial charge in [-0.15, -0.1) is 0 Å². The second-order valence-corrected chi connectivity index (χ2v) is 7.10. The van der Waals surface area contributed by atoms with Gasteiger partial charge in [0.15, 0.2) is 11.3 Å². The van der Waals surface area contributed by atoms with Crippen LogP contribution in [-0.2, 0) is 0 Å². The van der Waals surface area contributed by atoms with Crippen LogP contribution in [0.25, 0.3) is 28.2 Å². The van der Waals surface area contributed by atoms with E-state index in [1.54, 1.807) is 6.20 Å². The first-order valence-electron chi connectivity index (χ1n) is 9.08. The third-order valence-electron chi connectivity index (χ3n) is 5.13. The van der Waals surface area contributed by atoms with Crippen LogP contribution in [-0.4, -0.2) is 42.6 Å². The highest BCUT2D eigenvalue weighted by Gasteiger charge is 2.18. The van der Waals surface area contributed by atoms with Crippen molar-refractivity contribution in [2.45, 2.75) is 32.6 Å². The van der Waals surface area contributed by atoms with Crippen LogP contribution in [0.15, 0.2) is 24.5 Å². The summed E-state index contributed by atoms with van der Waals surface area (Å²) in [4.78, 5) is 17.4. The molecule has 0 saturated carbocycles. The monoisotopic (exact) mass is 347 g/mol. The van der Waals surface area contributed by atoms with E-state index >= 15 is 0 Å². The summed E-state index contributed by atoms with van der Waals surface area (Å²) in [5.41, 5.74) is 7.50. The van der Waals surface area contributed by atoms with Gasteiger partial charge in [-0.05, 0) is 57.5 Å². The highest BCUT2D eigenvalue weighted by molar-refractivity contribution is 5.75.